The number of aliphatic hydroxyl groups excluding tert-OH is 2. The summed E-state index contributed by atoms with van der Waals surface area (Å²) in [5.41, 5.74) is 11.0. The van der Waals surface area contributed by atoms with Gasteiger partial charge in [0.1, 0.15) is 48.8 Å². The molecule has 0 aromatic heterocycles. The number of aliphatic carboxylic acids is 2. The summed E-state index contributed by atoms with van der Waals surface area (Å²) >= 11 is 1.29. The minimum atomic E-state index is -1.82. The number of primary amides is 1. The molecule has 0 saturated heterocycles. The summed E-state index contributed by atoms with van der Waals surface area (Å²) in [4.78, 5) is 141. The summed E-state index contributed by atoms with van der Waals surface area (Å²) < 4.78 is 0. The number of nitrogens with two attached hydrogens (primary N) is 2. The van der Waals surface area contributed by atoms with Gasteiger partial charge in [-0.15, -0.1) is 0 Å². The van der Waals surface area contributed by atoms with E-state index in [-0.39, 0.29) is 36.9 Å². The van der Waals surface area contributed by atoms with E-state index in [0.717, 1.165) is 6.92 Å². The Balaban J connectivity index is 6.43. The van der Waals surface area contributed by atoms with Crippen LogP contribution in [0.4, 0.5) is 0 Å². The van der Waals surface area contributed by atoms with E-state index in [1.807, 2.05) is 0 Å². The van der Waals surface area contributed by atoms with E-state index in [4.69, 9.17) is 21.7 Å². The molecule has 0 rings (SSSR count). The van der Waals surface area contributed by atoms with Crippen molar-refractivity contribution in [2.75, 3.05) is 18.6 Å². The van der Waals surface area contributed by atoms with Crippen molar-refractivity contribution in [1.29, 1.82) is 0 Å². The molecule has 0 spiro atoms. The average molecular weight is 963 g/mol. The predicted molar refractivity (Wildman–Crippen MR) is 238 cm³/mol. The topological polar surface area (TPSA) is 417 Å². The Morgan fingerprint density at radius 2 is 0.894 bits per heavy atom. The Morgan fingerprint density at radius 3 is 1.30 bits per heavy atom. The number of aliphatic hydroxyl groups is 2. The smallest absolute Gasteiger partial charge is 0.322 e. The molecule has 0 aliphatic heterocycles. The predicted octanol–water partition coefficient (Wildman–Crippen LogP) is -4.48. The second kappa shape index (κ2) is 29.8. The molecule has 9 amide bonds. The molecule has 0 aliphatic rings. The van der Waals surface area contributed by atoms with Gasteiger partial charge in [0.05, 0.1) is 31.1 Å². The van der Waals surface area contributed by atoms with E-state index in [9.17, 15) is 63.0 Å². The lowest BCUT2D eigenvalue weighted by molar-refractivity contribution is -0.140. The zero-order valence-corrected chi connectivity index (χ0v) is 39.6. The molecule has 0 aliphatic carbocycles. The van der Waals surface area contributed by atoms with Gasteiger partial charge in [-0.1, -0.05) is 41.5 Å². The minimum absolute atomic E-state index is 0.0166. The molecule has 0 fully saturated rings. The summed E-state index contributed by atoms with van der Waals surface area (Å²) in [6.07, 6.45) is -3.14. The monoisotopic (exact) mass is 962 g/mol. The van der Waals surface area contributed by atoms with Gasteiger partial charge in [-0.25, -0.2) is 0 Å². The van der Waals surface area contributed by atoms with Crippen LogP contribution in [0.25, 0.3) is 0 Å². The Bertz CT molecular complexity index is 1710. The number of thioether (sulfide) groups is 1. The number of carboxylic acid groups (broad SMARTS) is 2. The third-order valence-electron chi connectivity index (χ3n) is 9.48. The molecule has 376 valence electrons. The Labute approximate surface area is 387 Å². The highest BCUT2D eigenvalue weighted by Gasteiger charge is 2.37. The number of carbonyl (C=O) groups excluding carboxylic acids is 9. The SMILES string of the molecule is CSCC[C@H](NC(=O)[C@@H](NC(=O)[C@H](CC(N)=O)NC(=O)[C@H](CC(C)C)NC(=O)[C@@H](N)CC(=O)O)[C@@H](C)O)C(=O)N[C@@H](CC(C)C)C(=O)N[C@H](C(=O)N[C@H](C(=O)NCC(=O)O)C(C)C)[C@@H](C)O. The highest BCUT2D eigenvalue weighted by Crippen LogP contribution is 2.11. The standard InChI is InChI=1S/C40H70N10O15S/c1-17(2)12-24(45-33(58)22(41)14-28(54)55)35(60)47-26(15-27(42)53)37(62)49-31(20(7)51)39(64)44-23(10-11-66-9)34(59)46-25(13-18(3)4)36(61)50-32(21(8)52)40(65)48-30(19(5)6)38(63)43-16-29(56)57/h17-26,30-32,51-52H,10-16,41H2,1-9H3,(H2,42,53)(H,43,63)(H,44,64)(H,45,58)(H,46,59)(H,47,60)(H,48,65)(H,49,62)(H,50,61)(H,54,55)(H,56,57)/t20-,21-,22+,23+,24+,25+,26+,30+,31+,32+/m1/s1. The van der Waals surface area contributed by atoms with E-state index in [1.165, 1.54) is 18.7 Å². The molecule has 26 heteroatoms. The van der Waals surface area contributed by atoms with Crippen LogP contribution in [0.1, 0.15) is 87.5 Å². The van der Waals surface area contributed by atoms with Crippen LogP contribution in [0.5, 0.6) is 0 Å². The number of carbonyl (C=O) groups is 11. The van der Waals surface area contributed by atoms with Gasteiger partial charge in [0.15, 0.2) is 0 Å². The van der Waals surface area contributed by atoms with Gasteiger partial charge in [-0.05, 0) is 62.9 Å². The van der Waals surface area contributed by atoms with Gasteiger partial charge in [-0.2, -0.15) is 11.8 Å². The number of amides is 9. The van der Waals surface area contributed by atoms with Crippen LogP contribution < -0.4 is 54.0 Å². The zero-order valence-electron chi connectivity index (χ0n) is 38.8. The molecule has 0 heterocycles. The van der Waals surface area contributed by atoms with Crippen molar-refractivity contribution >= 4 is 76.9 Å². The first kappa shape index (κ1) is 60.4. The van der Waals surface area contributed by atoms with Crippen LogP contribution in [0, 0.1) is 17.8 Å². The van der Waals surface area contributed by atoms with Crippen LogP contribution in [-0.2, 0) is 52.7 Å². The molecule has 25 nitrogen and oxygen atoms in total. The first-order valence-corrected chi connectivity index (χ1v) is 22.6. The van der Waals surface area contributed by atoms with Crippen molar-refractivity contribution in [3.8, 4) is 0 Å². The summed E-state index contributed by atoms with van der Waals surface area (Å²) in [5.74, 6) is -12.5. The molecule has 0 bridgehead atoms. The maximum absolute atomic E-state index is 13.9. The summed E-state index contributed by atoms with van der Waals surface area (Å²) in [6.45, 7) is 11.6. The fourth-order valence-electron chi connectivity index (χ4n) is 6.06. The lowest BCUT2D eigenvalue weighted by Crippen LogP contribution is -2.63. The van der Waals surface area contributed by atoms with Crippen LogP contribution >= 0.6 is 11.8 Å². The lowest BCUT2D eigenvalue weighted by atomic mass is 10.0. The van der Waals surface area contributed by atoms with Gasteiger partial charge in [0.2, 0.25) is 53.2 Å². The fraction of sp³-hybridized carbons (Fsp3) is 0.725. The molecule has 0 aromatic rings. The number of hydrogen-bond acceptors (Lipinski definition) is 15. The van der Waals surface area contributed by atoms with Gasteiger partial charge >= 0.3 is 11.9 Å². The molecule has 0 saturated carbocycles. The first-order chi connectivity index (χ1) is 30.5. The number of carboxylic acids is 2. The normalized spacial score (nSPS) is 15.8. The lowest BCUT2D eigenvalue weighted by Gasteiger charge is -2.29. The van der Waals surface area contributed by atoms with Crippen LogP contribution in [0.2, 0.25) is 0 Å². The third-order valence-corrected chi connectivity index (χ3v) is 10.1. The van der Waals surface area contributed by atoms with Gasteiger partial charge in [0, 0.05) is 0 Å². The number of hydrogen-bond donors (Lipinski definition) is 14. The van der Waals surface area contributed by atoms with Gasteiger partial charge in [0.25, 0.3) is 0 Å². The van der Waals surface area contributed by atoms with Crippen LogP contribution in [0.3, 0.4) is 0 Å². The maximum Gasteiger partial charge on any atom is 0.322 e. The highest BCUT2D eigenvalue weighted by molar-refractivity contribution is 7.98. The van der Waals surface area contributed by atoms with Crippen molar-refractivity contribution in [3.63, 3.8) is 0 Å². The highest BCUT2D eigenvalue weighted by atomic mass is 32.2. The van der Waals surface area contributed by atoms with Crippen molar-refractivity contribution in [3.05, 3.63) is 0 Å². The van der Waals surface area contributed by atoms with Gasteiger partial charge in [-0.3, -0.25) is 52.7 Å². The molecule has 0 unspecified atom stereocenters. The van der Waals surface area contributed by atoms with Gasteiger partial charge < -0.3 is 74.4 Å². The van der Waals surface area contributed by atoms with E-state index >= 15 is 0 Å². The van der Waals surface area contributed by atoms with Crippen LogP contribution in [-0.4, -0.2) is 165 Å². The van der Waals surface area contributed by atoms with E-state index in [2.05, 4.69) is 42.5 Å². The molecule has 66 heavy (non-hydrogen) atoms. The van der Waals surface area contributed by atoms with Crippen molar-refractivity contribution in [2.45, 2.75) is 148 Å². The molecule has 0 aromatic carbocycles. The van der Waals surface area contributed by atoms with Crippen molar-refractivity contribution < 1.29 is 73.2 Å². The molecular weight excluding hydrogens is 893 g/mol. The fourth-order valence-corrected chi connectivity index (χ4v) is 6.53. The van der Waals surface area contributed by atoms with Crippen molar-refractivity contribution in [1.82, 2.24) is 42.5 Å². The van der Waals surface area contributed by atoms with E-state index < -0.39 is 151 Å². The molecular formula is C40H70N10O15S. The molecule has 16 N–H and O–H groups in total. The van der Waals surface area contributed by atoms with Crippen molar-refractivity contribution in [2.24, 2.45) is 29.2 Å². The Kier molecular flexibility index (Phi) is 27.3. The summed E-state index contributed by atoms with van der Waals surface area (Å²) in [5, 5.41) is 57.9. The number of rotatable bonds is 31. The molecule has 0 radical (unpaired) electrons. The van der Waals surface area contributed by atoms with Crippen LogP contribution in [0.15, 0.2) is 0 Å². The second-order valence-corrected chi connectivity index (χ2v) is 17.9. The molecule has 10 atom stereocenters. The Hall–Kier alpha value is -5.60. The Morgan fingerprint density at radius 1 is 0.500 bits per heavy atom. The minimum Gasteiger partial charge on any atom is -0.481 e. The number of nitrogens with one attached hydrogen (secondary N) is 8. The maximum atomic E-state index is 13.9. The van der Waals surface area contributed by atoms with E-state index in [1.54, 1.807) is 47.8 Å². The average Bonchev–Trinajstić information content (AvgIpc) is 3.18. The first-order valence-electron chi connectivity index (χ1n) is 21.2. The van der Waals surface area contributed by atoms with E-state index in [0.29, 0.717) is 0 Å². The quantitative estimate of drug-likeness (QED) is 0.0311. The third kappa shape index (κ3) is 23.0. The second-order valence-electron chi connectivity index (χ2n) is 17.0. The summed E-state index contributed by atoms with van der Waals surface area (Å²) in [6, 6.07) is -12.2. The summed E-state index contributed by atoms with van der Waals surface area (Å²) in [7, 11) is 0. The zero-order chi connectivity index (χ0) is 51.2. The largest absolute Gasteiger partial charge is 0.481 e.